The van der Waals surface area contributed by atoms with Crippen LogP contribution in [0.1, 0.15) is 27.2 Å². The van der Waals surface area contributed by atoms with Crippen molar-refractivity contribution < 1.29 is 35.3 Å². The van der Waals surface area contributed by atoms with Gasteiger partial charge in [0, 0.05) is 13.0 Å². The fourth-order valence-corrected chi connectivity index (χ4v) is 2.14. The SMILES string of the molecule is CC(C)(C)OC(=O)N1CCC(OS(=O)(=O)C(F)(F)F)=C(C#N)C1. The molecule has 0 N–H and O–H groups in total. The Morgan fingerprint density at radius 3 is 2.30 bits per heavy atom. The molecule has 0 aliphatic carbocycles. The van der Waals surface area contributed by atoms with Crippen molar-refractivity contribution in [2.75, 3.05) is 13.1 Å². The summed E-state index contributed by atoms with van der Waals surface area (Å²) < 4.78 is 68.0. The molecule has 0 spiro atoms. The van der Waals surface area contributed by atoms with E-state index in [1.165, 1.54) is 0 Å². The van der Waals surface area contributed by atoms with Gasteiger partial charge in [-0.05, 0) is 20.8 Å². The van der Waals surface area contributed by atoms with E-state index < -0.39 is 39.6 Å². The maximum atomic E-state index is 12.3. The molecule has 0 saturated heterocycles. The zero-order valence-electron chi connectivity index (χ0n) is 12.6. The van der Waals surface area contributed by atoms with Crippen LogP contribution in [0, 0.1) is 11.3 Å². The first-order chi connectivity index (χ1) is 10.3. The minimum Gasteiger partial charge on any atom is -0.444 e. The second-order valence-corrected chi connectivity index (χ2v) is 7.19. The van der Waals surface area contributed by atoms with E-state index in [0.717, 1.165) is 4.90 Å². The molecular weight excluding hydrogens is 341 g/mol. The molecule has 0 saturated carbocycles. The molecule has 23 heavy (non-hydrogen) atoms. The van der Waals surface area contributed by atoms with Gasteiger partial charge in [-0.25, -0.2) is 4.79 Å². The van der Waals surface area contributed by atoms with Crippen LogP contribution < -0.4 is 0 Å². The Bertz CT molecular complexity index is 656. The summed E-state index contributed by atoms with van der Waals surface area (Å²) in [5.74, 6) is -0.621. The van der Waals surface area contributed by atoms with Crippen LogP contribution in [0.5, 0.6) is 0 Å². The molecule has 0 aromatic carbocycles. The lowest BCUT2D eigenvalue weighted by atomic mass is 10.1. The third kappa shape index (κ3) is 5.02. The first-order valence-electron chi connectivity index (χ1n) is 6.37. The summed E-state index contributed by atoms with van der Waals surface area (Å²) in [6, 6.07) is 1.55. The number of nitrogens with zero attached hydrogens (tertiary/aromatic N) is 2. The molecule has 0 radical (unpaired) electrons. The number of amides is 1. The quantitative estimate of drug-likeness (QED) is 0.556. The van der Waals surface area contributed by atoms with E-state index in [1.54, 1.807) is 26.8 Å². The van der Waals surface area contributed by atoms with Crippen molar-refractivity contribution >= 4 is 16.2 Å². The van der Waals surface area contributed by atoms with Gasteiger partial charge in [0.25, 0.3) is 0 Å². The fourth-order valence-electron chi connectivity index (χ4n) is 1.60. The van der Waals surface area contributed by atoms with Gasteiger partial charge >= 0.3 is 21.7 Å². The van der Waals surface area contributed by atoms with E-state index in [1.807, 2.05) is 0 Å². The second kappa shape index (κ2) is 6.27. The van der Waals surface area contributed by atoms with Crippen molar-refractivity contribution in [3.8, 4) is 6.07 Å². The topological polar surface area (TPSA) is 96.7 Å². The Hall–Kier alpha value is -1.96. The van der Waals surface area contributed by atoms with E-state index in [4.69, 9.17) is 10.00 Å². The van der Waals surface area contributed by atoms with Crippen LogP contribution in [0.15, 0.2) is 11.3 Å². The fraction of sp³-hybridized carbons (Fsp3) is 0.667. The number of hydrogen-bond acceptors (Lipinski definition) is 6. The average Bonchev–Trinajstić information content (AvgIpc) is 2.35. The lowest BCUT2D eigenvalue weighted by Crippen LogP contribution is -2.41. The number of ether oxygens (including phenoxy) is 1. The van der Waals surface area contributed by atoms with E-state index >= 15 is 0 Å². The highest BCUT2D eigenvalue weighted by atomic mass is 32.2. The predicted molar refractivity (Wildman–Crippen MR) is 71.1 cm³/mol. The zero-order chi connectivity index (χ0) is 18.1. The van der Waals surface area contributed by atoms with Crippen molar-refractivity contribution in [1.82, 2.24) is 4.90 Å². The van der Waals surface area contributed by atoms with Gasteiger partial charge in [-0.1, -0.05) is 0 Å². The van der Waals surface area contributed by atoms with Gasteiger partial charge in [0.1, 0.15) is 17.4 Å². The minimum atomic E-state index is -5.85. The van der Waals surface area contributed by atoms with Crippen molar-refractivity contribution in [1.29, 1.82) is 5.26 Å². The molecule has 1 heterocycles. The standard InChI is InChI=1S/C12H15F3N2O5S/c1-11(2,3)21-10(18)17-5-4-9(8(6-16)7-17)22-23(19,20)12(13,14)15/h4-5,7H2,1-3H3. The smallest absolute Gasteiger partial charge is 0.444 e. The molecule has 11 heteroatoms. The van der Waals surface area contributed by atoms with E-state index in [0.29, 0.717) is 0 Å². The summed E-state index contributed by atoms with van der Waals surface area (Å²) in [4.78, 5) is 12.9. The number of hydrogen-bond donors (Lipinski definition) is 0. The van der Waals surface area contributed by atoms with Crippen LogP contribution >= 0.6 is 0 Å². The van der Waals surface area contributed by atoms with Crippen molar-refractivity contribution in [2.24, 2.45) is 0 Å². The van der Waals surface area contributed by atoms with E-state index in [9.17, 15) is 26.4 Å². The highest BCUT2D eigenvalue weighted by Gasteiger charge is 2.49. The number of nitriles is 1. The zero-order valence-corrected chi connectivity index (χ0v) is 13.4. The van der Waals surface area contributed by atoms with Gasteiger partial charge in [0.2, 0.25) is 0 Å². The van der Waals surface area contributed by atoms with Crippen molar-refractivity contribution in [3.63, 3.8) is 0 Å². The van der Waals surface area contributed by atoms with E-state index in [-0.39, 0.29) is 18.5 Å². The Kier molecular flexibility index (Phi) is 5.20. The monoisotopic (exact) mass is 356 g/mol. The third-order valence-electron chi connectivity index (χ3n) is 2.57. The summed E-state index contributed by atoms with van der Waals surface area (Å²) >= 11 is 0. The summed E-state index contributed by atoms with van der Waals surface area (Å²) in [5.41, 5.74) is -6.76. The Balaban J connectivity index is 2.94. The molecule has 1 rings (SSSR count). The highest BCUT2D eigenvalue weighted by Crippen LogP contribution is 2.30. The normalized spacial score (nSPS) is 16.8. The van der Waals surface area contributed by atoms with Gasteiger partial charge in [-0.3, -0.25) is 0 Å². The van der Waals surface area contributed by atoms with Gasteiger partial charge in [-0.15, -0.1) is 0 Å². The predicted octanol–water partition coefficient (Wildman–Crippen LogP) is 2.27. The van der Waals surface area contributed by atoms with Crippen LogP contribution in [-0.2, 0) is 19.0 Å². The van der Waals surface area contributed by atoms with Crippen LogP contribution in [0.4, 0.5) is 18.0 Å². The molecular formula is C12H15F3N2O5S. The van der Waals surface area contributed by atoms with Gasteiger partial charge in [0.15, 0.2) is 0 Å². The largest absolute Gasteiger partial charge is 0.534 e. The van der Waals surface area contributed by atoms with Crippen LogP contribution in [0.3, 0.4) is 0 Å². The first-order valence-corrected chi connectivity index (χ1v) is 7.78. The van der Waals surface area contributed by atoms with E-state index in [2.05, 4.69) is 4.18 Å². The Morgan fingerprint density at radius 2 is 1.87 bits per heavy atom. The Labute approximate surface area is 131 Å². The summed E-state index contributed by atoms with van der Waals surface area (Å²) in [7, 11) is -5.85. The lowest BCUT2D eigenvalue weighted by Gasteiger charge is -2.30. The van der Waals surface area contributed by atoms with Crippen molar-refractivity contribution in [3.05, 3.63) is 11.3 Å². The number of halogens is 3. The lowest BCUT2D eigenvalue weighted by molar-refractivity contribution is -0.0526. The second-order valence-electron chi connectivity index (χ2n) is 5.65. The molecule has 0 atom stereocenters. The number of carbonyl (C=O) groups excluding carboxylic acids is 1. The third-order valence-corrected chi connectivity index (χ3v) is 3.56. The molecule has 1 aliphatic heterocycles. The van der Waals surface area contributed by atoms with Gasteiger partial charge in [0.05, 0.1) is 12.1 Å². The molecule has 1 aliphatic rings. The Morgan fingerprint density at radius 1 is 1.30 bits per heavy atom. The van der Waals surface area contributed by atoms with Crippen LogP contribution in [0.2, 0.25) is 0 Å². The minimum absolute atomic E-state index is 0.136. The van der Waals surface area contributed by atoms with Gasteiger partial charge < -0.3 is 13.8 Å². The number of carbonyl (C=O) groups is 1. The highest BCUT2D eigenvalue weighted by molar-refractivity contribution is 7.87. The molecule has 0 aromatic heterocycles. The van der Waals surface area contributed by atoms with Crippen LogP contribution in [-0.4, -0.2) is 43.6 Å². The van der Waals surface area contributed by atoms with Crippen molar-refractivity contribution in [2.45, 2.75) is 38.3 Å². The van der Waals surface area contributed by atoms with Gasteiger partial charge in [-0.2, -0.15) is 26.9 Å². The summed E-state index contributed by atoms with van der Waals surface area (Å²) in [6.07, 6.45) is -1.11. The molecule has 130 valence electrons. The number of alkyl halides is 3. The maximum absolute atomic E-state index is 12.3. The molecule has 0 fully saturated rings. The molecule has 1 amide bonds. The molecule has 7 nitrogen and oxygen atoms in total. The number of rotatable bonds is 2. The summed E-state index contributed by atoms with van der Waals surface area (Å²) in [6.45, 7) is 4.35. The average molecular weight is 356 g/mol. The first kappa shape index (κ1) is 19.1. The molecule has 0 bridgehead atoms. The molecule has 0 unspecified atom stereocenters. The maximum Gasteiger partial charge on any atom is 0.534 e. The summed E-state index contributed by atoms with van der Waals surface area (Å²) in [5, 5.41) is 8.95. The van der Waals surface area contributed by atoms with Crippen LogP contribution in [0.25, 0.3) is 0 Å². The molecule has 0 aromatic rings.